The topological polar surface area (TPSA) is 26.0 Å². The zero-order valence-corrected chi connectivity index (χ0v) is 13.8. The van der Waals surface area contributed by atoms with Gasteiger partial charge in [-0.3, -0.25) is 0 Å². The van der Waals surface area contributed by atoms with Crippen LogP contribution in [0.15, 0.2) is 23.1 Å². The van der Waals surface area contributed by atoms with Crippen molar-refractivity contribution in [3.05, 3.63) is 29.3 Å². The number of hydrogen-bond donors (Lipinski definition) is 1. The van der Waals surface area contributed by atoms with Crippen LogP contribution in [0.25, 0.3) is 0 Å². The fraction of sp³-hybridized carbons (Fsp3) is 0.625. The fourth-order valence-corrected chi connectivity index (χ4v) is 2.88. The quantitative estimate of drug-likeness (QED) is 0.736. The average Bonchev–Trinajstić information content (AvgIpc) is 2.38. The Balaban J connectivity index is 3.07. The molecule has 2 N–H and O–H groups in total. The first-order chi connectivity index (χ1) is 9.65. The maximum Gasteiger partial charge on any atom is 0.416 e. The second-order valence-electron chi connectivity index (χ2n) is 5.76. The summed E-state index contributed by atoms with van der Waals surface area (Å²) in [6.07, 6.45) is -3.41. The summed E-state index contributed by atoms with van der Waals surface area (Å²) >= 11 is 1.48. The molecule has 0 radical (unpaired) electrons. The lowest BCUT2D eigenvalue weighted by Gasteiger charge is -2.19. The van der Waals surface area contributed by atoms with Crippen molar-refractivity contribution in [1.82, 2.24) is 0 Å². The molecular weight excluding hydrogens is 295 g/mol. The Hall–Kier alpha value is -0.680. The van der Waals surface area contributed by atoms with Crippen LogP contribution in [0.1, 0.15) is 45.2 Å². The minimum Gasteiger partial charge on any atom is -0.327 e. The second kappa shape index (κ2) is 7.54. The van der Waals surface area contributed by atoms with E-state index in [0.717, 1.165) is 0 Å². The maximum atomic E-state index is 13.2. The van der Waals surface area contributed by atoms with E-state index in [-0.39, 0.29) is 17.7 Å². The van der Waals surface area contributed by atoms with Crippen LogP contribution in [0.4, 0.5) is 13.2 Å². The zero-order chi connectivity index (χ0) is 16.2. The largest absolute Gasteiger partial charge is 0.416 e. The lowest BCUT2D eigenvalue weighted by molar-refractivity contribution is -0.138. The molecule has 1 rings (SSSR count). The molecule has 2 unspecified atom stereocenters. The van der Waals surface area contributed by atoms with Crippen LogP contribution in [0.3, 0.4) is 0 Å². The van der Waals surface area contributed by atoms with Crippen LogP contribution in [0.2, 0.25) is 0 Å². The van der Waals surface area contributed by atoms with E-state index in [2.05, 4.69) is 13.8 Å². The van der Waals surface area contributed by atoms with Gasteiger partial charge in [-0.25, -0.2) is 0 Å². The van der Waals surface area contributed by atoms with Crippen LogP contribution in [-0.2, 0) is 12.6 Å². The number of alkyl halides is 3. The van der Waals surface area contributed by atoms with Gasteiger partial charge in [-0.1, -0.05) is 33.8 Å². The van der Waals surface area contributed by atoms with E-state index in [1.54, 1.807) is 12.1 Å². The molecule has 1 aromatic rings. The Morgan fingerprint density at radius 2 is 1.81 bits per heavy atom. The molecule has 1 nitrogen and oxygen atoms in total. The third kappa shape index (κ3) is 5.55. The number of thioether (sulfide) groups is 1. The first-order valence-corrected chi connectivity index (χ1v) is 8.15. The molecule has 0 spiro atoms. The number of hydrogen-bond acceptors (Lipinski definition) is 2. The van der Waals surface area contributed by atoms with Gasteiger partial charge in [0.15, 0.2) is 0 Å². The minimum absolute atomic E-state index is 0.237. The Morgan fingerprint density at radius 3 is 2.29 bits per heavy atom. The van der Waals surface area contributed by atoms with E-state index < -0.39 is 11.7 Å². The summed E-state index contributed by atoms with van der Waals surface area (Å²) in [7, 11) is 0. The molecule has 2 atom stereocenters. The summed E-state index contributed by atoms with van der Waals surface area (Å²) in [6.45, 7) is 8.05. The fourth-order valence-electron chi connectivity index (χ4n) is 1.85. The van der Waals surface area contributed by atoms with E-state index in [1.807, 2.05) is 13.8 Å². The van der Waals surface area contributed by atoms with E-state index in [0.29, 0.717) is 22.8 Å². The number of halogens is 3. The van der Waals surface area contributed by atoms with Gasteiger partial charge >= 0.3 is 6.18 Å². The second-order valence-corrected chi connectivity index (χ2v) is 7.21. The van der Waals surface area contributed by atoms with Crippen molar-refractivity contribution in [3.63, 3.8) is 0 Å². The molecular formula is C16H24F3NS. The van der Waals surface area contributed by atoms with Gasteiger partial charge in [0.1, 0.15) is 0 Å². The van der Waals surface area contributed by atoms with E-state index in [4.69, 9.17) is 5.73 Å². The molecule has 0 amide bonds. The van der Waals surface area contributed by atoms with Crippen molar-refractivity contribution in [2.24, 2.45) is 11.7 Å². The first-order valence-electron chi connectivity index (χ1n) is 7.27. The van der Waals surface area contributed by atoms with Gasteiger partial charge in [0, 0.05) is 16.2 Å². The third-order valence-corrected chi connectivity index (χ3v) is 5.10. The van der Waals surface area contributed by atoms with Crippen molar-refractivity contribution in [2.75, 3.05) is 0 Å². The zero-order valence-electron chi connectivity index (χ0n) is 13.0. The van der Waals surface area contributed by atoms with Gasteiger partial charge in [0.2, 0.25) is 0 Å². The van der Waals surface area contributed by atoms with Crippen LogP contribution in [0.5, 0.6) is 0 Å². The van der Waals surface area contributed by atoms with Crippen LogP contribution in [0, 0.1) is 5.92 Å². The predicted molar refractivity (Wildman–Crippen MR) is 83.6 cm³/mol. The molecule has 5 heteroatoms. The monoisotopic (exact) mass is 319 g/mol. The standard InChI is InChI=1S/C16H24F3NS/c1-5-13(20)8-12-6-7-14(21-11(4)10(2)3)9-15(12)16(17,18)19/h6-7,9-11,13H,5,8,20H2,1-4H3. The molecule has 0 aliphatic carbocycles. The van der Waals surface area contributed by atoms with Gasteiger partial charge in [-0.2, -0.15) is 13.2 Å². The number of benzene rings is 1. The summed E-state index contributed by atoms with van der Waals surface area (Å²) in [6, 6.07) is 4.38. The van der Waals surface area contributed by atoms with Crippen molar-refractivity contribution in [3.8, 4) is 0 Å². The lowest BCUT2D eigenvalue weighted by Crippen LogP contribution is -2.23. The maximum absolute atomic E-state index is 13.2. The highest BCUT2D eigenvalue weighted by molar-refractivity contribution is 8.00. The first kappa shape index (κ1) is 18.4. The molecule has 1 aromatic carbocycles. The molecule has 0 bridgehead atoms. The molecule has 0 saturated carbocycles. The van der Waals surface area contributed by atoms with Gasteiger partial charge in [0.25, 0.3) is 0 Å². The Kier molecular flexibility index (Phi) is 6.60. The summed E-state index contributed by atoms with van der Waals surface area (Å²) < 4.78 is 39.7. The van der Waals surface area contributed by atoms with E-state index in [9.17, 15) is 13.2 Å². The highest BCUT2D eigenvalue weighted by atomic mass is 32.2. The summed E-state index contributed by atoms with van der Waals surface area (Å²) in [5.41, 5.74) is 5.54. The molecule has 21 heavy (non-hydrogen) atoms. The molecule has 0 fully saturated rings. The summed E-state index contributed by atoms with van der Waals surface area (Å²) in [4.78, 5) is 0.664. The molecule has 0 aromatic heterocycles. The Bertz CT molecular complexity index is 457. The van der Waals surface area contributed by atoms with Gasteiger partial charge in [-0.15, -0.1) is 11.8 Å². The van der Waals surface area contributed by atoms with E-state index in [1.165, 1.54) is 17.8 Å². The van der Waals surface area contributed by atoms with Crippen molar-refractivity contribution >= 4 is 11.8 Å². The van der Waals surface area contributed by atoms with Crippen LogP contribution in [-0.4, -0.2) is 11.3 Å². The minimum atomic E-state index is -4.33. The normalized spacial score (nSPS) is 15.3. The summed E-state index contributed by atoms with van der Waals surface area (Å²) in [5.74, 6) is 0.414. The molecule has 0 saturated heterocycles. The van der Waals surface area contributed by atoms with Gasteiger partial charge < -0.3 is 5.73 Å². The van der Waals surface area contributed by atoms with Gasteiger partial charge in [-0.05, 0) is 36.5 Å². The molecule has 120 valence electrons. The third-order valence-electron chi connectivity index (χ3n) is 3.65. The van der Waals surface area contributed by atoms with E-state index >= 15 is 0 Å². The van der Waals surface area contributed by atoms with Crippen LogP contribution < -0.4 is 5.73 Å². The van der Waals surface area contributed by atoms with Crippen molar-refractivity contribution in [2.45, 2.75) is 62.9 Å². The highest BCUT2D eigenvalue weighted by Gasteiger charge is 2.34. The SMILES string of the molecule is CCC(N)Cc1ccc(SC(C)C(C)C)cc1C(F)(F)F. The van der Waals surface area contributed by atoms with Crippen LogP contribution >= 0.6 is 11.8 Å². The highest BCUT2D eigenvalue weighted by Crippen LogP contribution is 2.37. The smallest absolute Gasteiger partial charge is 0.327 e. The van der Waals surface area contributed by atoms with Crippen molar-refractivity contribution in [1.29, 1.82) is 0 Å². The summed E-state index contributed by atoms with van der Waals surface area (Å²) in [5, 5.41) is 0.273. The van der Waals surface area contributed by atoms with Crippen molar-refractivity contribution < 1.29 is 13.2 Å². The number of rotatable bonds is 6. The lowest BCUT2D eigenvalue weighted by atomic mass is 9.99. The molecule has 0 aliphatic heterocycles. The number of nitrogens with two attached hydrogens (primary N) is 1. The Morgan fingerprint density at radius 1 is 1.19 bits per heavy atom. The Labute approximate surface area is 129 Å². The van der Waals surface area contributed by atoms with Gasteiger partial charge in [0.05, 0.1) is 5.56 Å². The average molecular weight is 319 g/mol. The predicted octanol–water partition coefficient (Wildman–Crippen LogP) is 5.12. The molecule has 0 heterocycles. The molecule has 0 aliphatic rings.